The molecule has 26 heavy (non-hydrogen) atoms. The van der Waals surface area contributed by atoms with E-state index in [4.69, 9.17) is 4.74 Å². The van der Waals surface area contributed by atoms with Gasteiger partial charge >= 0.3 is 0 Å². The minimum Gasteiger partial charge on any atom is -0.485 e. The maximum absolute atomic E-state index is 12.3. The van der Waals surface area contributed by atoms with Crippen molar-refractivity contribution in [1.29, 1.82) is 0 Å². The molecule has 0 saturated heterocycles. The number of tetrazole rings is 1. The predicted molar refractivity (Wildman–Crippen MR) is 96.2 cm³/mol. The summed E-state index contributed by atoms with van der Waals surface area (Å²) >= 11 is 0. The lowest BCUT2D eigenvalue weighted by Crippen LogP contribution is -2.30. The highest BCUT2D eigenvalue weighted by molar-refractivity contribution is 5.75. The molecule has 7 nitrogen and oxygen atoms in total. The molecule has 2 aromatic carbocycles. The van der Waals surface area contributed by atoms with Gasteiger partial charge in [0.25, 0.3) is 0 Å². The summed E-state index contributed by atoms with van der Waals surface area (Å²) in [4.78, 5) is 15.3. The average molecular weight is 351 g/mol. The van der Waals surface area contributed by atoms with Gasteiger partial charge < -0.3 is 9.64 Å². The van der Waals surface area contributed by atoms with Crippen LogP contribution in [-0.2, 0) is 24.5 Å². The van der Waals surface area contributed by atoms with Crippen molar-refractivity contribution < 1.29 is 9.53 Å². The topological polar surface area (TPSA) is 73.1 Å². The first-order chi connectivity index (χ1) is 12.6. The highest BCUT2D eigenvalue weighted by atomic mass is 16.5. The second-order valence-electron chi connectivity index (χ2n) is 6.07. The van der Waals surface area contributed by atoms with Gasteiger partial charge in [-0.3, -0.25) is 4.79 Å². The quantitative estimate of drug-likeness (QED) is 0.653. The molecule has 0 unspecified atom stereocenters. The molecule has 1 heterocycles. The molecule has 0 saturated carbocycles. The molecule has 3 rings (SSSR count). The predicted octanol–water partition coefficient (Wildman–Crippen LogP) is 2.22. The molecule has 0 fully saturated rings. The number of likely N-dealkylation sites (N-methyl/N-ethyl adjacent to an activating group) is 1. The summed E-state index contributed by atoms with van der Waals surface area (Å²) in [7, 11) is 1.76. The van der Waals surface area contributed by atoms with Gasteiger partial charge in [0.15, 0.2) is 6.61 Å². The van der Waals surface area contributed by atoms with Gasteiger partial charge in [-0.05, 0) is 29.8 Å². The van der Waals surface area contributed by atoms with Crippen molar-refractivity contribution >= 4 is 5.91 Å². The molecule has 0 spiro atoms. The zero-order valence-corrected chi connectivity index (χ0v) is 14.9. The fourth-order valence-electron chi connectivity index (χ4n) is 2.36. The number of benzene rings is 2. The SMILES string of the molecule is Cc1ccc(CN(C)C(=O)Cn2nnc(COc3ccccc3)n2)cc1. The second-order valence-corrected chi connectivity index (χ2v) is 6.07. The van der Waals surface area contributed by atoms with Gasteiger partial charge in [0.05, 0.1) is 0 Å². The molecule has 3 aromatic rings. The monoisotopic (exact) mass is 351 g/mol. The molecule has 0 atom stereocenters. The van der Waals surface area contributed by atoms with Gasteiger partial charge in [0, 0.05) is 13.6 Å². The number of carbonyl (C=O) groups excluding carboxylic acids is 1. The highest BCUT2D eigenvalue weighted by Gasteiger charge is 2.13. The zero-order chi connectivity index (χ0) is 18.4. The smallest absolute Gasteiger partial charge is 0.246 e. The molecule has 134 valence electrons. The van der Waals surface area contributed by atoms with Gasteiger partial charge in [-0.15, -0.1) is 10.2 Å². The third kappa shape index (κ3) is 4.89. The summed E-state index contributed by atoms with van der Waals surface area (Å²) in [6.07, 6.45) is 0. The number of aromatic nitrogens is 4. The second kappa shape index (κ2) is 8.24. The molecule has 7 heteroatoms. The first-order valence-electron chi connectivity index (χ1n) is 8.34. The maximum atomic E-state index is 12.3. The van der Waals surface area contributed by atoms with Crippen LogP contribution in [0.15, 0.2) is 54.6 Å². The Morgan fingerprint density at radius 2 is 1.85 bits per heavy atom. The van der Waals surface area contributed by atoms with Crippen LogP contribution < -0.4 is 4.74 Å². The van der Waals surface area contributed by atoms with Gasteiger partial charge in [0.2, 0.25) is 11.7 Å². The van der Waals surface area contributed by atoms with Crippen LogP contribution >= 0.6 is 0 Å². The maximum Gasteiger partial charge on any atom is 0.246 e. The Kier molecular flexibility index (Phi) is 5.58. The van der Waals surface area contributed by atoms with Gasteiger partial charge in [-0.2, -0.15) is 4.80 Å². The molecule has 1 aromatic heterocycles. The third-order valence-corrected chi connectivity index (χ3v) is 3.85. The number of amides is 1. The van der Waals surface area contributed by atoms with E-state index in [-0.39, 0.29) is 19.1 Å². The largest absolute Gasteiger partial charge is 0.485 e. The summed E-state index contributed by atoms with van der Waals surface area (Å²) in [5.41, 5.74) is 2.27. The number of nitrogens with zero attached hydrogens (tertiary/aromatic N) is 5. The van der Waals surface area contributed by atoms with Crippen molar-refractivity contribution in [3.8, 4) is 5.75 Å². The normalized spacial score (nSPS) is 10.5. The van der Waals surface area contributed by atoms with Crippen LogP contribution in [0.2, 0.25) is 0 Å². The van der Waals surface area contributed by atoms with Crippen LogP contribution in [0.3, 0.4) is 0 Å². The fraction of sp³-hybridized carbons (Fsp3) is 0.263. The fourth-order valence-corrected chi connectivity index (χ4v) is 2.36. The van der Waals surface area contributed by atoms with Crippen molar-refractivity contribution in [3.05, 3.63) is 71.5 Å². The molecule has 1 amide bonds. The van der Waals surface area contributed by atoms with E-state index < -0.39 is 0 Å². The molecule has 0 N–H and O–H groups in total. The van der Waals surface area contributed by atoms with Gasteiger partial charge in [-0.1, -0.05) is 48.0 Å². The van der Waals surface area contributed by atoms with E-state index in [9.17, 15) is 4.79 Å². The lowest BCUT2D eigenvalue weighted by Gasteiger charge is -2.16. The first-order valence-corrected chi connectivity index (χ1v) is 8.34. The Bertz CT molecular complexity index is 846. The summed E-state index contributed by atoms with van der Waals surface area (Å²) in [5.74, 6) is 1.08. The Labute approximate surface area is 152 Å². The minimum atomic E-state index is -0.0847. The molecule has 0 bridgehead atoms. The van der Waals surface area contributed by atoms with Crippen LogP contribution in [-0.4, -0.2) is 38.1 Å². The van der Waals surface area contributed by atoms with Crippen LogP contribution in [0.1, 0.15) is 17.0 Å². The Morgan fingerprint density at radius 1 is 1.12 bits per heavy atom. The molecular formula is C19H21N5O2. The van der Waals surface area contributed by atoms with E-state index in [1.807, 2.05) is 61.5 Å². The summed E-state index contributed by atoms with van der Waals surface area (Å²) in [5, 5.41) is 12.0. The van der Waals surface area contributed by atoms with E-state index in [1.54, 1.807) is 11.9 Å². The first kappa shape index (κ1) is 17.6. The van der Waals surface area contributed by atoms with E-state index in [0.717, 1.165) is 11.3 Å². The Balaban J connectivity index is 1.51. The van der Waals surface area contributed by atoms with Crippen molar-refractivity contribution in [1.82, 2.24) is 25.1 Å². The van der Waals surface area contributed by atoms with Crippen molar-refractivity contribution in [2.75, 3.05) is 7.05 Å². The van der Waals surface area contributed by atoms with Crippen molar-refractivity contribution in [2.45, 2.75) is 26.6 Å². The molecule has 0 aliphatic heterocycles. The molecule has 0 aliphatic carbocycles. The van der Waals surface area contributed by atoms with E-state index in [2.05, 4.69) is 15.4 Å². The summed E-state index contributed by atoms with van der Waals surface area (Å²) < 4.78 is 5.57. The Hall–Kier alpha value is -3.22. The van der Waals surface area contributed by atoms with E-state index in [0.29, 0.717) is 12.4 Å². The van der Waals surface area contributed by atoms with Crippen molar-refractivity contribution in [3.63, 3.8) is 0 Å². The third-order valence-electron chi connectivity index (χ3n) is 3.85. The number of hydrogen-bond donors (Lipinski definition) is 0. The van der Waals surface area contributed by atoms with Crippen molar-refractivity contribution in [2.24, 2.45) is 0 Å². The number of ether oxygens (including phenoxy) is 1. The average Bonchev–Trinajstić information content (AvgIpc) is 3.10. The minimum absolute atomic E-state index is 0.0424. The number of aryl methyl sites for hydroxylation is 1. The molecule has 0 radical (unpaired) electrons. The number of carbonyl (C=O) groups is 1. The molecular weight excluding hydrogens is 330 g/mol. The summed E-state index contributed by atoms with van der Waals surface area (Å²) in [6.45, 7) is 2.82. The van der Waals surface area contributed by atoms with E-state index >= 15 is 0 Å². The number of hydrogen-bond acceptors (Lipinski definition) is 5. The number of rotatable bonds is 7. The molecule has 0 aliphatic rings. The van der Waals surface area contributed by atoms with Crippen LogP contribution in [0.25, 0.3) is 0 Å². The van der Waals surface area contributed by atoms with Crippen LogP contribution in [0.4, 0.5) is 0 Å². The lowest BCUT2D eigenvalue weighted by atomic mass is 10.1. The standard InChI is InChI=1S/C19H21N5O2/c1-15-8-10-16(11-9-15)12-23(2)19(25)13-24-21-18(20-22-24)14-26-17-6-4-3-5-7-17/h3-11H,12-14H2,1-2H3. The highest BCUT2D eigenvalue weighted by Crippen LogP contribution is 2.10. The zero-order valence-electron chi connectivity index (χ0n) is 14.9. The van der Waals surface area contributed by atoms with Gasteiger partial charge in [0.1, 0.15) is 12.3 Å². The lowest BCUT2D eigenvalue weighted by molar-refractivity contribution is -0.131. The van der Waals surface area contributed by atoms with Crippen LogP contribution in [0.5, 0.6) is 5.75 Å². The van der Waals surface area contributed by atoms with E-state index in [1.165, 1.54) is 10.4 Å². The van der Waals surface area contributed by atoms with Crippen LogP contribution in [0, 0.1) is 6.92 Å². The Morgan fingerprint density at radius 3 is 2.58 bits per heavy atom. The van der Waals surface area contributed by atoms with Gasteiger partial charge in [-0.25, -0.2) is 0 Å². The number of para-hydroxylation sites is 1. The summed E-state index contributed by atoms with van der Waals surface area (Å²) in [6, 6.07) is 17.5.